The Kier molecular flexibility index (Phi) is 3.33. The zero-order valence-corrected chi connectivity index (χ0v) is 9.56. The van der Waals surface area contributed by atoms with Crippen LogP contribution in [0.15, 0.2) is 21.9 Å². The van der Waals surface area contributed by atoms with E-state index in [9.17, 15) is 19.1 Å². The van der Waals surface area contributed by atoms with Crippen LogP contribution in [0.1, 0.15) is 6.23 Å². The van der Waals surface area contributed by atoms with E-state index in [0.717, 1.165) is 21.4 Å². The molecule has 2 heterocycles. The molecule has 1 aliphatic heterocycles. The van der Waals surface area contributed by atoms with Gasteiger partial charge in [0.2, 0.25) is 0 Å². The van der Waals surface area contributed by atoms with Gasteiger partial charge in [-0.15, -0.1) is 0 Å². The molecule has 0 bridgehead atoms. The van der Waals surface area contributed by atoms with Crippen molar-refractivity contribution in [1.29, 1.82) is 0 Å². The smallest absolute Gasteiger partial charge is 0.332 e. The highest BCUT2D eigenvalue weighted by Gasteiger charge is 2.45. The van der Waals surface area contributed by atoms with Crippen LogP contribution < -0.4 is 11.2 Å². The summed E-state index contributed by atoms with van der Waals surface area (Å²) in [5.41, 5.74) is -1.27. The van der Waals surface area contributed by atoms with Gasteiger partial charge < -0.3 is 14.9 Å². The van der Waals surface area contributed by atoms with Crippen LogP contribution in [0, 0.1) is 0 Å². The minimum absolute atomic E-state index is 0.524. The molecular formula is C10H13FN2O5. The molecule has 1 aromatic heterocycles. The van der Waals surface area contributed by atoms with Crippen LogP contribution in [0.5, 0.6) is 0 Å². The maximum atomic E-state index is 13.8. The lowest BCUT2D eigenvalue weighted by molar-refractivity contribution is -0.0495. The first-order chi connectivity index (χ1) is 8.47. The third kappa shape index (κ3) is 1.88. The summed E-state index contributed by atoms with van der Waals surface area (Å²) in [6.07, 6.45) is -4.69. The topological polar surface area (TPSA) is 93.7 Å². The Morgan fingerprint density at radius 3 is 2.72 bits per heavy atom. The van der Waals surface area contributed by atoms with E-state index in [1.807, 2.05) is 0 Å². The van der Waals surface area contributed by atoms with Crippen LogP contribution in [-0.2, 0) is 11.8 Å². The lowest BCUT2D eigenvalue weighted by Gasteiger charge is -2.16. The van der Waals surface area contributed by atoms with E-state index >= 15 is 0 Å². The van der Waals surface area contributed by atoms with E-state index in [0.29, 0.717) is 0 Å². The Balaban J connectivity index is 2.42. The fourth-order valence-electron chi connectivity index (χ4n) is 1.86. The molecule has 0 unspecified atom stereocenters. The average molecular weight is 260 g/mol. The molecule has 0 radical (unpaired) electrons. The second-order valence-electron chi connectivity index (χ2n) is 4.09. The number of hydrogen-bond acceptors (Lipinski definition) is 5. The Morgan fingerprint density at radius 1 is 1.50 bits per heavy atom. The Labute approximate surface area is 101 Å². The first-order valence-corrected chi connectivity index (χ1v) is 5.34. The summed E-state index contributed by atoms with van der Waals surface area (Å²) in [5.74, 6) is 0. The van der Waals surface area contributed by atoms with Gasteiger partial charge in [0.1, 0.15) is 12.2 Å². The second-order valence-corrected chi connectivity index (χ2v) is 4.09. The normalized spacial score (nSPS) is 31.8. The van der Waals surface area contributed by atoms with Crippen LogP contribution in [-0.4, -0.2) is 44.3 Å². The highest BCUT2D eigenvalue weighted by molar-refractivity contribution is 4.94. The number of halogens is 1. The summed E-state index contributed by atoms with van der Waals surface area (Å²) >= 11 is 0. The van der Waals surface area contributed by atoms with Crippen LogP contribution >= 0.6 is 0 Å². The van der Waals surface area contributed by atoms with E-state index < -0.39 is 42.5 Å². The van der Waals surface area contributed by atoms with Gasteiger partial charge >= 0.3 is 5.69 Å². The number of ether oxygens (including phenoxy) is 1. The summed E-state index contributed by atoms with van der Waals surface area (Å²) in [6, 6.07) is 1.09. The van der Waals surface area contributed by atoms with Gasteiger partial charge in [-0.2, -0.15) is 0 Å². The van der Waals surface area contributed by atoms with Crippen molar-refractivity contribution in [1.82, 2.24) is 9.13 Å². The Hall–Kier alpha value is -1.51. The van der Waals surface area contributed by atoms with Gasteiger partial charge in [0.15, 0.2) is 12.4 Å². The number of aliphatic hydroxyl groups excluding tert-OH is 2. The quantitative estimate of drug-likeness (QED) is 0.650. The fourth-order valence-corrected chi connectivity index (χ4v) is 1.86. The average Bonchev–Trinajstić information content (AvgIpc) is 2.64. The van der Waals surface area contributed by atoms with Crippen LogP contribution in [0.4, 0.5) is 4.39 Å². The third-order valence-corrected chi connectivity index (χ3v) is 2.96. The van der Waals surface area contributed by atoms with E-state index in [2.05, 4.69) is 0 Å². The second kappa shape index (κ2) is 4.63. The monoisotopic (exact) mass is 260 g/mol. The van der Waals surface area contributed by atoms with Crippen LogP contribution in [0.2, 0.25) is 0 Å². The molecule has 100 valence electrons. The van der Waals surface area contributed by atoms with Crippen molar-refractivity contribution in [3.05, 3.63) is 33.1 Å². The molecule has 1 fully saturated rings. The number of nitrogens with zero attached hydrogens (tertiary/aromatic N) is 2. The third-order valence-electron chi connectivity index (χ3n) is 2.96. The summed E-state index contributed by atoms with van der Waals surface area (Å²) in [7, 11) is 1.25. The van der Waals surface area contributed by atoms with Gasteiger partial charge in [-0.3, -0.25) is 13.9 Å². The molecule has 2 N–H and O–H groups in total. The van der Waals surface area contributed by atoms with Crippen molar-refractivity contribution in [3.63, 3.8) is 0 Å². The fraction of sp³-hybridized carbons (Fsp3) is 0.600. The largest absolute Gasteiger partial charge is 0.394 e. The predicted octanol–water partition coefficient (Wildman–Crippen LogP) is -1.86. The molecule has 2 rings (SSSR count). The molecule has 0 saturated carbocycles. The van der Waals surface area contributed by atoms with Gasteiger partial charge in [-0.1, -0.05) is 0 Å². The molecule has 0 amide bonds. The van der Waals surface area contributed by atoms with Gasteiger partial charge in [0, 0.05) is 19.3 Å². The molecule has 4 atom stereocenters. The number of aliphatic hydroxyl groups is 2. The number of aromatic nitrogens is 2. The van der Waals surface area contributed by atoms with Crippen LogP contribution in [0.3, 0.4) is 0 Å². The number of alkyl halides is 1. The van der Waals surface area contributed by atoms with Crippen LogP contribution in [0.25, 0.3) is 0 Å². The molecule has 1 aliphatic rings. The maximum Gasteiger partial charge on any atom is 0.332 e. The van der Waals surface area contributed by atoms with E-state index in [1.165, 1.54) is 7.05 Å². The number of hydrogen-bond donors (Lipinski definition) is 2. The summed E-state index contributed by atoms with van der Waals surface area (Å²) in [4.78, 5) is 23.0. The lowest BCUT2D eigenvalue weighted by Crippen LogP contribution is -2.40. The molecule has 1 aromatic rings. The predicted molar refractivity (Wildman–Crippen MR) is 57.8 cm³/mol. The zero-order valence-electron chi connectivity index (χ0n) is 9.56. The SMILES string of the molecule is Cn1c(=O)ccn([C@@H]2O[C@H](CO)[C@H](O)[C@@H]2F)c1=O. The van der Waals surface area contributed by atoms with Crippen molar-refractivity contribution in [2.75, 3.05) is 6.61 Å². The standard InChI is InChI=1S/C10H13FN2O5/c1-12-6(15)2-3-13(10(12)17)9-7(11)8(16)5(4-14)18-9/h2-3,5,7-9,14,16H,4H2,1H3/t5-,7+,8+,9-/m1/s1. The van der Waals surface area contributed by atoms with Crippen molar-refractivity contribution in [2.45, 2.75) is 24.6 Å². The van der Waals surface area contributed by atoms with Crippen molar-refractivity contribution in [2.24, 2.45) is 7.05 Å². The summed E-state index contributed by atoms with van der Waals surface area (Å²) in [5, 5.41) is 18.4. The van der Waals surface area contributed by atoms with Gasteiger partial charge in [0.25, 0.3) is 5.56 Å². The maximum absolute atomic E-state index is 13.8. The molecule has 1 saturated heterocycles. The van der Waals surface area contributed by atoms with Gasteiger partial charge in [-0.05, 0) is 0 Å². The van der Waals surface area contributed by atoms with E-state index in [1.54, 1.807) is 0 Å². The van der Waals surface area contributed by atoms with Gasteiger partial charge in [0.05, 0.1) is 6.61 Å². The first-order valence-electron chi connectivity index (χ1n) is 5.34. The minimum Gasteiger partial charge on any atom is -0.394 e. The molecule has 7 nitrogen and oxygen atoms in total. The van der Waals surface area contributed by atoms with Crippen molar-refractivity contribution in [3.8, 4) is 0 Å². The van der Waals surface area contributed by atoms with Crippen molar-refractivity contribution >= 4 is 0 Å². The lowest BCUT2D eigenvalue weighted by atomic mass is 10.1. The zero-order chi connectivity index (χ0) is 13.4. The number of rotatable bonds is 2. The van der Waals surface area contributed by atoms with E-state index in [4.69, 9.17) is 9.84 Å². The molecule has 8 heteroatoms. The highest BCUT2D eigenvalue weighted by atomic mass is 19.1. The molecule has 0 aromatic carbocycles. The van der Waals surface area contributed by atoms with Gasteiger partial charge in [-0.25, -0.2) is 9.18 Å². The molecular weight excluding hydrogens is 247 g/mol. The molecule has 0 aliphatic carbocycles. The summed E-state index contributed by atoms with van der Waals surface area (Å²) < 4.78 is 20.5. The first kappa shape index (κ1) is 12.9. The molecule has 18 heavy (non-hydrogen) atoms. The Bertz CT molecular complexity index is 554. The van der Waals surface area contributed by atoms with E-state index in [-0.39, 0.29) is 0 Å². The minimum atomic E-state index is -1.85. The molecule has 0 spiro atoms. The highest BCUT2D eigenvalue weighted by Crippen LogP contribution is 2.30. The summed E-state index contributed by atoms with van der Waals surface area (Å²) in [6.45, 7) is -0.557. The van der Waals surface area contributed by atoms with Crippen molar-refractivity contribution < 1.29 is 19.3 Å². The Morgan fingerprint density at radius 2 is 2.17 bits per heavy atom.